The molecule has 5 nitrogen and oxygen atoms in total. The first-order chi connectivity index (χ1) is 10.8. The first-order valence-corrected chi connectivity index (χ1v) is 8.04. The van der Waals surface area contributed by atoms with E-state index in [4.69, 9.17) is 4.74 Å². The van der Waals surface area contributed by atoms with Crippen LogP contribution in [0.25, 0.3) is 0 Å². The Kier molecular flexibility index (Phi) is 9.87. The minimum atomic E-state index is 0. The molecular weight excluding hydrogens is 314 g/mol. The summed E-state index contributed by atoms with van der Waals surface area (Å²) in [6.07, 6.45) is 0.592. The molecule has 0 unspecified atom stereocenters. The fourth-order valence-corrected chi connectivity index (χ4v) is 2.46. The van der Waals surface area contributed by atoms with Crippen molar-refractivity contribution in [3.8, 4) is 0 Å². The van der Waals surface area contributed by atoms with Crippen molar-refractivity contribution < 1.29 is 9.53 Å². The normalized spacial score (nSPS) is 14.6. The summed E-state index contributed by atoms with van der Waals surface area (Å²) in [6.45, 7) is 6.47. The maximum absolute atomic E-state index is 12.1. The fourth-order valence-electron chi connectivity index (χ4n) is 2.46. The van der Waals surface area contributed by atoms with E-state index in [0.29, 0.717) is 19.6 Å². The molecule has 1 fully saturated rings. The van der Waals surface area contributed by atoms with Crippen molar-refractivity contribution in [2.75, 3.05) is 52.9 Å². The lowest BCUT2D eigenvalue weighted by atomic mass is 10.2. The topological polar surface area (TPSA) is 44.8 Å². The number of piperazine rings is 1. The van der Waals surface area contributed by atoms with Crippen LogP contribution in [0.15, 0.2) is 30.3 Å². The van der Waals surface area contributed by atoms with Crippen molar-refractivity contribution in [3.63, 3.8) is 0 Å². The van der Waals surface area contributed by atoms with Gasteiger partial charge in [0, 0.05) is 45.7 Å². The van der Waals surface area contributed by atoms with Gasteiger partial charge in [-0.15, -0.1) is 12.4 Å². The molecule has 1 aromatic rings. The molecule has 0 saturated carbocycles. The van der Waals surface area contributed by atoms with Gasteiger partial charge in [-0.25, -0.2) is 0 Å². The Morgan fingerprint density at radius 2 is 1.91 bits per heavy atom. The molecule has 2 rings (SSSR count). The summed E-state index contributed by atoms with van der Waals surface area (Å²) in [5, 5.41) is 3.26. The molecule has 23 heavy (non-hydrogen) atoms. The summed E-state index contributed by atoms with van der Waals surface area (Å²) >= 11 is 0. The molecule has 0 aromatic heterocycles. The smallest absolute Gasteiger partial charge is 0.223 e. The van der Waals surface area contributed by atoms with Crippen LogP contribution >= 0.6 is 12.4 Å². The number of rotatable bonds is 8. The quantitative estimate of drug-likeness (QED) is 0.726. The number of benzene rings is 1. The van der Waals surface area contributed by atoms with Crippen LogP contribution in [0.5, 0.6) is 0 Å². The van der Waals surface area contributed by atoms with Gasteiger partial charge in [0.05, 0.1) is 13.2 Å². The second-order valence-electron chi connectivity index (χ2n) is 5.72. The van der Waals surface area contributed by atoms with Crippen LogP contribution in [0.4, 0.5) is 0 Å². The van der Waals surface area contributed by atoms with E-state index in [1.807, 2.05) is 30.1 Å². The lowest BCUT2D eigenvalue weighted by Gasteiger charge is -2.28. The van der Waals surface area contributed by atoms with E-state index in [-0.39, 0.29) is 18.3 Å². The average Bonchev–Trinajstić information content (AvgIpc) is 2.58. The lowest BCUT2D eigenvalue weighted by Crippen LogP contribution is -2.47. The van der Waals surface area contributed by atoms with E-state index >= 15 is 0 Å². The fraction of sp³-hybridized carbons (Fsp3) is 0.588. The van der Waals surface area contributed by atoms with Crippen LogP contribution in [0.2, 0.25) is 0 Å². The van der Waals surface area contributed by atoms with Gasteiger partial charge in [0.25, 0.3) is 0 Å². The van der Waals surface area contributed by atoms with Gasteiger partial charge in [0.2, 0.25) is 5.91 Å². The van der Waals surface area contributed by atoms with Crippen LogP contribution in [-0.4, -0.2) is 68.6 Å². The van der Waals surface area contributed by atoms with Crippen LogP contribution in [0.1, 0.15) is 12.0 Å². The molecule has 1 saturated heterocycles. The Morgan fingerprint density at radius 3 is 2.61 bits per heavy atom. The molecule has 1 heterocycles. The van der Waals surface area contributed by atoms with Gasteiger partial charge in [0.1, 0.15) is 0 Å². The van der Waals surface area contributed by atoms with Crippen LogP contribution in [-0.2, 0) is 16.1 Å². The Morgan fingerprint density at radius 1 is 1.22 bits per heavy atom. The highest BCUT2D eigenvalue weighted by Gasteiger charge is 2.16. The number of nitrogens with zero attached hydrogens (tertiary/aromatic N) is 2. The maximum Gasteiger partial charge on any atom is 0.223 e. The maximum atomic E-state index is 12.1. The second-order valence-corrected chi connectivity index (χ2v) is 5.72. The molecule has 1 aliphatic heterocycles. The minimum absolute atomic E-state index is 0. The van der Waals surface area contributed by atoms with E-state index in [0.717, 1.165) is 39.3 Å². The number of carbonyl (C=O) groups is 1. The van der Waals surface area contributed by atoms with E-state index in [1.165, 1.54) is 5.56 Å². The van der Waals surface area contributed by atoms with Crippen molar-refractivity contribution in [2.24, 2.45) is 0 Å². The zero-order valence-electron chi connectivity index (χ0n) is 13.9. The minimum Gasteiger partial charge on any atom is -0.375 e. The van der Waals surface area contributed by atoms with Crippen molar-refractivity contribution in [3.05, 3.63) is 35.9 Å². The highest BCUT2D eigenvalue weighted by Crippen LogP contribution is 2.01. The zero-order chi connectivity index (χ0) is 15.6. The predicted octanol–water partition coefficient (Wildman–Crippen LogP) is 1.38. The van der Waals surface area contributed by atoms with E-state index in [9.17, 15) is 4.79 Å². The second kappa shape index (κ2) is 11.4. The number of ether oxygens (including phenoxy) is 1. The van der Waals surface area contributed by atoms with Gasteiger partial charge in [-0.1, -0.05) is 30.3 Å². The molecule has 6 heteroatoms. The molecule has 1 amide bonds. The Balaban J connectivity index is 0.00000264. The standard InChI is InChI=1S/C17H27N3O2.ClH/c1-19(10-7-17(21)20-11-8-18-9-12-20)13-14-22-15-16-5-3-2-4-6-16;/h2-6,18H,7-15H2,1H3;1H. The van der Waals surface area contributed by atoms with Gasteiger partial charge in [0.15, 0.2) is 0 Å². The molecule has 1 aromatic carbocycles. The molecule has 0 bridgehead atoms. The van der Waals surface area contributed by atoms with Crippen molar-refractivity contribution >= 4 is 18.3 Å². The van der Waals surface area contributed by atoms with E-state index < -0.39 is 0 Å². The summed E-state index contributed by atoms with van der Waals surface area (Å²) in [4.78, 5) is 16.2. The molecule has 1 N–H and O–H groups in total. The number of halogens is 1. The van der Waals surface area contributed by atoms with Crippen LogP contribution in [0, 0.1) is 0 Å². The molecule has 0 atom stereocenters. The summed E-state index contributed by atoms with van der Waals surface area (Å²) in [5.74, 6) is 0.263. The van der Waals surface area contributed by atoms with Crippen LogP contribution < -0.4 is 5.32 Å². The number of nitrogens with one attached hydrogen (secondary N) is 1. The third kappa shape index (κ3) is 7.79. The Hall–Kier alpha value is -1.14. The van der Waals surface area contributed by atoms with E-state index in [1.54, 1.807) is 0 Å². The van der Waals surface area contributed by atoms with Crippen molar-refractivity contribution in [2.45, 2.75) is 13.0 Å². The van der Waals surface area contributed by atoms with Crippen molar-refractivity contribution in [1.29, 1.82) is 0 Å². The van der Waals surface area contributed by atoms with Gasteiger partial charge in [-0.2, -0.15) is 0 Å². The summed E-state index contributed by atoms with van der Waals surface area (Å²) in [6, 6.07) is 10.2. The predicted molar refractivity (Wildman–Crippen MR) is 94.9 cm³/mol. The Bertz CT molecular complexity index is 439. The molecule has 0 radical (unpaired) electrons. The summed E-state index contributed by atoms with van der Waals surface area (Å²) in [7, 11) is 2.04. The number of likely N-dealkylation sites (N-methyl/N-ethyl adjacent to an activating group) is 1. The molecular formula is C17H28ClN3O2. The van der Waals surface area contributed by atoms with Gasteiger partial charge < -0.3 is 19.9 Å². The average molecular weight is 342 g/mol. The zero-order valence-corrected chi connectivity index (χ0v) is 14.7. The lowest BCUT2D eigenvalue weighted by molar-refractivity contribution is -0.132. The third-order valence-corrected chi connectivity index (χ3v) is 3.91. The van der Waals surface area contributed by atoms with E-state index in [2.05, 4.69) is 22.3 Å². The summed E-state index contributed by atoms with van der Waals surface area (Å²) < 4.78 is 5.67. The van der Waals surface area contributed by atoms with Gasteiger partial charge >= 0.3 is 0 Å². The third-order valence-electron chi connectivity index (χ3n) is 3.91. The highest BCUT2D eigenvalue weighted by atomic mass is 35.5. The highest BCUT2D eigenvalue weighted by molar-refractivity contribution is 5.85. The monoisotopic (exact) mass is 341 g/mol. The molecule has 0 spiro atoms. The number of amides is 1. The van der Waals surface area contributed by atoms with Crippen molar-refractivity contribution in [1.82, 2.24) is 15.1 Å². The number of hydrogen-bond acceptors (Lipinski definition) is 4. The van der Waals surface area contributed by atoms with Crippen LogP contribution in [0.3, 0.4) is 0 Å². The first kappa shape index (κ1) is 19.9. The largest absolute Gasteiger partial charge is 0.375 e. The molecule has 1 aliphatic rings. The SMILES string of the molecule is CN(CCOCc1ccccc1)CCC(=O)N1CCNCC1.Cl. The Labute approximate surface area is 145 Å². The first-order valence-electron chi connectivity index (χ1n) is 8.04. The number of hydrogen-bond donors (Lipinski definition) is 1. The van der Waals surface area contributed by atoms with Gasteiger partial charge in [-0.05, 0) is 12.6 Å². The molecule has 130 valence electrons. The molecule has 0 aliphatic carbocycles. The van der Waals surface area contributed by atoms with Gasteiger partial charge in [-0.3, -0.25) is 4.79 Å². The number of carbonyl (C=O) groups excluding carboxylic acids is 1. The summed E-state index contributed by atoms with van der Waals surface area (Å²) in [5.41, 5.74) is 1.19.